The van der Waals surface area contributed by atoms with Crippen LogP contribution in [0.4, 0.5) is 0 Å². The molecule has 0 bridgehead atoms. The van der Waals surface area contributed by atoms with Crippen molar-refractivity contribution in [1.29, 1.82) is 0 Å². The van der Waals surface area contributed by atoms with E-state index in [9.17, 15) is 0 Å². The molecule has 0 amide bonds. The highest BCUT2D eigenvalue weighted by atomic mass is 35.5. The number of benzene rings is 2. The van der Waals surface area contributed by atoms with Crippen molar-refractivity contribution in [2.75, 3.05) is 13.1 Å². The molecule has 110 valence electrons. The Labute approximate surface area is 131 Å². The van der Waals surface area contributed by atoms with Crippen molar-refractivity contribution in [3.8, 4) is 0 Å². The van der Waals surface area contributed by atoms with E-state index in [0.29, 0.717) is 5.92 Å². The first-order chi connectivity index (χ1) is 10.1. The maximum Gasteiger partial charge on any atom is 0.0444 e. The van der Waals surface area contributed by atoms with Crippen LogP contribution in [-0.2, 0) is 6.54 Å². The van der Waals surface area contributed by atoms with Gasteiger partial charge in [0.25, 0.3) is 0 Å². The van der Waals surface area contributed by atoms with E-state index in [2.05, 4.69) is 48.2 Å². The van der Waals surface area contributed by atoms with Crippen molar-refractivity contribution in [2.24, 2.45) is 5.73 Å². The predicted molar refractivity (Wildman–Crippen MR) is 88.6 cm³/mol. The van der Waals surface area contributed by atoms with Crippen molar-refractivity contribution in [3.05, 3.63) is 70.2 Å². The van der Waals surface area contributed by atoms with Gasteiger partial charge in [0.15, 0.2) is 0 Å². The van der Waals surface area contributed by atoms with Gasteiger partial charge in [-0.3, -0.25) is 4.90 Å². The third-order valence-electron chi connectivity index (χ3n) is 4.25. The molecule has 0 radical (unpaired) electrons. The summed E-state index contributed by atoms with van der Waals surface area (Å²) < 4.78 is 0. The lowest BCUT2D eigenvalue weighted by Crippen LogP contribution is -2.28. The Balaban J connectivity index is 1.74. The highest BCUT2D eigenvalue weighted by Gasteiger charge is 2.32. The van der Waals surface area contributed by atoms with Crippen LogP contribution >= 0.6 is 11.6 Å². The smallest absolute Gasteiger partial charge is 0.0444 e. The fraction of sp³-hybridized carbons (Fsp3) is 0.333. The van der Waals surface area contributed by atoms with E-state index < -0.39 is 0 Å². The van der Waals surface area contributed by atoms with Crippen LogP contribution in [-0.4, -0.2) is 24.0 Å². The molecular weight excluding hydrogens is 280 g/mol. The second kappa shape index (κ2) is 6.18. The van der Waals surface area contributed by atoms with Crippen molar-refractivity contribution in [2.45, 2.75) is 25.4 Å². The van der Waals surface area contributed by atoms with Crippen LogP contribution in [0.15, 0.2) is 48.5 Å². The molecule has 3 heteroatoms. The first-order valence-electron chi connectivity index (χ1n) is 7.41. The van der Waals surface area contributed by atoms with Gasteiger partial charge >= 0.3 is 0 Å². The summed E-state index contributed by atoms with van der Waals surface area (Å²) in [5.74, 6) is 0.321. The van der Waals surface area contributed by atoms with E-state index in [1.807, 2.05) is 12.1 Å². The number of rotatable bonds is 3. The number of hydrogen-bond donors (Lipinski definition) is 1. The maximum absolute atomic E-state index is 6.41. The Kier molecular flexibility index (Phi) is 4.29. The van der Waals surface area contributed by atoms with Gasteiger partial charge in [0, 0.05) is 36.6 Å². The van der Waals surface area contributed by atoms with Gasteiger partial charge in [-0.1, -0.05) is 54.1 Å². The van der Waals surface area contributed by atoms with Crippen LogP contribution in [0.2, 0.25) is 5.02 Å². The summed E-state index contributed by atoms with van der Waals surface area (Å²) in [6, 6.07) is 17.0. The molecule has 0 aliphatic carbocycles. The van der Waals surface area contributed by atoms with Crippen LogP contribution < -0.4 is 5.73 Å². The minimum absolute atomic E-state index is 0.147. The van der Waals surface area contributed by atoms with E-state index in [1.54, 1.807) is 0 Å². The average molecular weight is 301 g/mol. The van der Waals surface area contributed by atoms with Gasteiger partial charge in [0.05, 0.1) is 0 Å². The average Bonchev–Trinajstić information content (AvgIpc) is 2.80. The molecule has 2 atom stereocenters. The van der Waals surface area contributed by atoms with E-state index in [1.165, 1.54) is 16.7 Å². The van der Waals surface area contributed by atoms with E-state index in [0.717, 1.165) is 24.7 Å². The van der Waals surface area contributed by atoms with Crippen LogP contribution in [0.3, 0.4) is 0 Å². The second-order valence-corrected chi connectivity index (χ2v) is 6.38. The van der Waals surface area contributed by atoms with E-state index >= 15 is 0 Å². The van der Waals surface area contributed by atoms with Gasteiger partial charge in [0.1, 0.15) is 0 Å². The third-order valence-corrected chi connectivity index (χ3v) is 4.57. The SMILES string of the molecule is Cc1ccc(C2CN(Cc3ccccc3)CC2N)c(Cl)c1. The Morgan fingerprint density at radius 1 is 1.14 bits per heavy atom. The first-order valence-corrected chi connectivity index (χ1v) is 7.79. The summed E-state index contributed by atoms with van der Waals surface area (Å²) in [4.78, 5) is 2.42. The van der Waals surface area contributed by atoms with Crippen LogP contribution in [0.1, 0.15) is 22.6 Å². The Hall–Kier alpha value is -1.35. The molecule has 1 aliphatic heterocycles. The number of hydrogen-bond acceptors (Lipinski definition) is 2. The van der Waals surface area contributed by atoms with Crippen molar-refractivity contribution in [3.63, 3.8) is 0 Å². The summed E-state index contributed by atoms with van der Waals surface area (Å²) in [6.45, 7) is 4.91. The molecule has 1 saturated heterocycles. The van der Waals surface area contributed by atoms with Gasteiger partial charge in [0.2, 0.25) is 0 Å². The van der Waals surface area contributed by atoms with Crippen LogP contribution in [0.5, 0.6) is 0 Å². The van der Waals surface area contributed by atoms with Crippen molar-refractivity contribution >= 4 is 11.6 Å². The lowest BCUT2D eigenvalue weighted by molar-refractivity contribution is 0.324. The number of aryl methyl sites for hydroxylation is 1. The van der Waals surface area contributed by atoms with E-state index in [4.69, 9.17) is 17.3 Å². The lowest BCUT2D eigenvalue weighted by Gasteiger charge is -2.17. The predicted octanol–water partition coefficient (Wildman–Crippen LogP) is 3.58. The quantitative estimate of drug-likeness (QED) is 0.939. The third kappa shape index (κ3) is 3.29. The summed E-state index contributed by atoms with van der Waals surface area (Å²) in [7, 11) is 0. The molecule has 1 aliphatic rings. The molecule has 2 nitrogen and oxygen atoms in total. The number of likely N-dealkylation sites (tertiary alicyclic amines) is 1. The van der Waals surface area contributed by atoms with Crippen molar-refractivity contribution < 1.29 is 0 Å². The van der Waals surface area contributed by atoms with Gasteiger partial charge in [-0.05, 0) is 29.7 Å². The zero-order valence-electron chi connectivity index (χ0n) is 12.3. The number of halogens is 1. The summed E-state index contributed by atoms with van der Waals surface area (Å²) >= 11 is 6.41. The monoisotopic (exact) mass is 300 g/mol. The zero-order valence-corrected chi connectivity index (χ0v) is 13.1. The molecule has 2 N–H and O–H groups in total. The summed E-state index contributed by atoms with van der Waals surface area (Å²) in [5, 5.41) is 0.844. The molecule has 2 aromatic rings. The standard InChI is InChI=1S/C18H21ClN2/c1-13-7-8-15(17(19)9-13)16-11-21(12-18(16)20)10-14-5-3-2-4-6-14/h2-9,16,18H,10-12,20H2,1H3. The molecule has 1 fully saturated rings. The first kappa shape index (κ1) is 14.6. The molecule has 2 aromatic carbocycles. The van der Waals surface area contributed by atoms with Gasteiger partial charge in [-0.15, -0.1) is 0 Å². The topological polar surface area (TPSA) is 29.3 Å². The Morgan fingerprint density at radius 2 is 1.90 bits per heavy atom. The van der Waals surface area contributed by atoms with Gasteiger partial charge in [-0.25, -0.2) is 0 Å². The fourth-order valence-electron chi connectivity index (χ4n) is 3.15. The molecule has 0 aromatic heterocycles. The molecular formula is C18H21ClN2. The summed E-state index contributed by atoms with van der Waals surface area (Å²) in [5.41, 5.74) is 10.1. The lowest BCUT2D eigenvalue weighted by atomic mass is 9.94. The molecule has 0 spiro atoms. The Bertz CT molecular complexity index is 612. The largest absolute Gasteiger partial charge is 0.326 e. The second-order valence-electron chi connectivity index (χ2n) is 5.97. The maximum atomic E-state index is 6.41. The van der Waals surface area contributed by atoms with Crippen LogP contribution in [0.25, 0.3) is 0 Å². The molecule has 0 saturated carbocycles. The van der Waals surface area contributed by atoms with Gasteiger partial charge < -0.3 is 5.73 Å². The fourth-order valence-corrected chi connectivity index (χ4v) is 3.52. The number of nitrogens with zero attached hydrogens (tertiary/aromatic N) is 1. The molecule has 3 rings (SSSR count). The van der Waals surface area contributed by atoms with Crippen molar-refractivity contribution in [1.82, 2.24) is 4.90 Å². The summed E-state index contributed by atoms with van der Waals surface area (Å²) in [6.07, 6.45) is 0. The highest BCUT2D eigenvalue weighted by Crippen LogP contribution is 2.32. The normalized spacial score (nSPS) is 22.6. The Morgan fingerprint density at radius 3 is 2.62 bits per heavy atom. The minimum atomic E-state index is 0.147. The molecule has 21 heavy (non-hydrogen) atoms. The molecule has 2 unspecified atom stereocenters. The van der Waals surface area contributed by atoms with Gasteiger partial charge in [-0.2, -0.15) is 0 Å². The molecule has 1 heterocycles. The minimum Gasteiger partial charge on any atom is -0.326 e. The zero-order chi connectivity index (χ0) is 14.8. The highest BCUT2D eigenvalue weighted by molar-refractivity contribution is 6.31. The van der Waals surface area contributed by atoms with E-state index in [-0.39, 0.29) is 6.04 Å². The van der Waals surface area contributed by atoms with Crippen LogP contribution in [0, 0.1) is 6.92 Å². The number of nitrogens with two attached hydrogens (primary N) is 1.